The smallest absolute Gasteiger partial charge is 0.387 e. The second-order valence-corrected chi connectivity index (χ2v) is 5.86. The first kappa shape index (κ1) is 19.0. The van der Waals surface area contributed by atoms with Crippen LogP contribution in [0.25, 0.3) is 0 Å². The number of benzene rings is 2. The van der Waals surface area contributed by atoms with E-state index in [9.17, 15) is 13.6 Å². The summed E-state index contributed by atoms with van der Waals surface area (Å²) in [6.45, 7) is -2.03. The highest BCUT2D eigenvalue weighted by atomic mass is 35.5. The van der Waals surface area contributed by atoms with E-state index in [-0.39, 0.29) is 11.8 Å². The van der Waals surface area contributed by atoms with E-state index in [4.69, 9.17) is 11.6 Å². The van der Waals surface area contributed by atoms with Crippen molar-refractivity contribution in [1.82, 2.24) is 10.2 Å². The molecule has 25 heavy (non-hydrogen) atoms. The van der Waals surface area contributed by atoms with E-state index < -0.39 is 6.61 Å². The minimum atomic E-state index is -2.85. The van der Waals surface area contributed by atoms with Gasteiger partial charge in [0.05, 0.1) is 0 Å². The minimum Gasteiger partial charge on any atom is -0.435 e. The normalized spacial score (nSPS) is 10.6. The Bertz CT molecular complexity index is 696. The van der Waals surface area contributed by atoms with Crippen LogP contribution in [-0.2, 0) is 13.0 Å². The second kappa shape index (κ2) is 9.22. The lowest BCUT2D eigenvalue weighted by Gasteiger charge is -2.18. The molecule has 0 heterocycles. The largest absolute Gasteiger partial charge is 0.435 e. The quantitative estimate of drug-likeness (QED) is 0.790. The molecule has 2 rings (SSSR count). The van der Waals surface area contributed by atoms with Crippen LogP contribution < -0.4 is 10.1 Å². The van der Waals surface area contributed by atoms with Gasteiger partial charge in [-0.2, -0.15) is 8.78 Å². The van der Waals surface area contributed by atoms with Crippen molar-refractivity contribution in [1.29, 1.82) is 0 Å². The molecule has 2 amide bonds. The van der Waals surface area contributed by atoms with Gasteiger partial charge in [0.25, 0.3) is 0 Å². The van der Waals surface area contributed by atoms with Crippen molar-refractivity contribution in [2.24, 2.45) is 0 Å². The summed E-state index contributed by atoms with van der Waals surface area (Å²) < 4.78 is 28.5. The van der Waals surface area contributed by atoms with E-state index in [0.29, 0.717) is 24.5 Å². The molecule has 0 aromatic heterocycles. The van der Waals surface area contributed by atoms with E-state index in [0.717, 1.165) is 11.1 Å². The maximum absolute atomic E-state index is 12.1. The molecular weight excluding hydrogens is 350 g/mol. The summed E-state index contributed by atoms with van der Waals surface area (Å²) in [6, 6.07) is 13.4. The highest BCUT2D eigenvalue weighted by molar-refractivity contribution is 6.31. The fourth-order valence-electron chi connectivity index (χ4n) is 2.26. The summed E-state index contributed by atoms with van der Waals surface area (Å²) in [5.74, 6) is 0.0885. The SMILES string of the molecule is CN(Cc1ccc(OC(F)F)cc1)C(=O)NCCc1ccccc1Cl. The van der Waals surface area contributed by atoms with Gasteiger partial charge in [0, 0.05) is 25.2 Å². The lowest BCUT2D eigenvalue weighted by Crippen LogP contribution is -2.37. The predicted molar refractivity (Wildman–Crippen MR) is 93.1 cm³/mol. The van der Waals surface area contributed by atoms with Crippen LogP contribution in [0.1, 0.15) is 11.1 Å². The number of nitrogens with zero attached hydrogens (tertiary/aromatic N) is 1. The Morgan fingerprint density at radius 1 is 1.20 bits per heavy atom. The summed E-state index contributed by atoms with van der Waals surface area (Å²) >= 11 is 6.07. The highest BCUT2D eigenvalue weighted by Gasteiger charge is 2.10. The average molecular weight is 369 g/mol. The van der Waals surface area contributed by atoms with Crippen molar-refractivity contribution in [2.45, 2.75) is 19.6 Å². The van der Waals surface area contributed by atoms with Gasteiger partial charge in [-0.1, -0.05) is 41.9 Å². The van der Waals surface area contributed by atoms with Gasteiger partial charge in [-0.25, -0.2) is 4.79 Å². The number of rotatable bonds is 7. The van der Waals surface area contributed by atoms with Crippen molar-refractivity contribution in [3.8, 4) is 5.75 Å². The van der Waals surface area contributed by atoms with Gasteiger partial charge < -0.3 is 15.0 Å². The van der Waals surface area contributed by atoms with Crippen molar-refractivity contribution < 1.29 is 18.3 Å². The number of halogens is 3. The van der Waals surface area contributed by atoms with E-state index in [1.165, 1.54) is 17.0 Å². The van der Waals surface area contributed by atoms with E-state index in [2.05, 4.69) is 10.1 Å². The zero-order valence-electron chi connectivity index (χ0n) is 13.7. The lowest BCUT2D eigenvalue weighted by atomic mass is 10.1. The molecule has 0 bridgehead atoms. The third-order valence-corrected chi connectivity index (χ3v) is 3.91. The molecule has 0 aliphatic carbocycles. The summed E-state index contributed by atoms with van der Waals surface area (Å²) in [7, 11) is 1.66. The van der Waals surface area contributed by atoms with E-state index >= 15 is 0 Å². The zero-order chi connectivity index (χ0) is 18.2. The Kier molecular flexibility index (Phi) is 7.01. The molecule has 0 fully saturated rings. The standard InChI is InChI=1S/C18H19ClF2N2O2/c1-23(12-13-6-8-15(9-7-13)25-17(20)21)18(24)22-11-10-14-4-2-3-5-16(14)19/h2-9,17H,10-12H2,1H3,(H,22,24). The maximum Gasteiger partial charge on any atom is 0.387 e. The molecule has 0 atom stereocenters. The lowest BCUT2D eigenvalue weighted by molar-refractivity contribution is -0.0498. The first-order valence-electron chi connectivity index (χ1n) is 7.72. The number of hydrogen-bond donors (Lipinski definition) is 1. The molecule has 4 nitrogen and oxygen atoms in total. The van der Waals surface area contributed by atoms with Gasteiger partial charge >= 0.3 is 12.6 Å². The molecule has 2 aromatic carbocycles. The number of carbonyl (C=O) groups excluding carboxylic acids is 1. The first-order valence-corrected chi connectivity index (χ1v) is 8.09. The van der Waals surface area contributed by atoms with Crippen LogP contribution in [0.4, 0.5) is 13.6 Å². The van der Waals surface area contributed by atoms with Crippen LogP contribution in [0.3, 0.4) is 0 Å². The number of alkyl halides is 2. The Morgan fingerprint density at radius 2 is 1.88 bits per heavy atom. The van der Waals surface area contributed by atoms with Crippen LogP contribution in [0.5, 0.6) is 5.75 Å². The van der Waals surface area contributed by atoms with Gasteiger partial charge in [-0.05, 0) is 35.7 Å². The fourth-order valence-corrected chi connectivity index (χ4v) is 2.49. The number of ether oxygens (including phenoxy) is 1. The summed E-state index contributed by atoms with van der Waals surface area (Å²) in [5, 5.41) is 3.50. The topological polar surface area (TPSA) is 41.6 Å². The third-order valence-electron chi connectivity index (χ3n) is 3.54. The molecule has 2 aromatic rings. The van der Waals surface area contributed by atoms with Gasteiger partial charge in [-0.3, -0.25) is 0 Å². The molecule has 0 aliphatic heterocycles. The van der Waals surface area contributed by atoms with Gasteiger partial charge in [-0.15, -0.1) is 0 Å². The molecule has 134 valence electrons. The van der Waals surface area contributed by atoms with Crippen LogP contribution in [-0.4, -0.2) is 31.1 Å². The minimum absolute atomic E-state index is 0.0885. The number of nitrogens with one attached hydrogen (secondary N) is 1. The zero-order valence-corrected chi connectivity index (χ0v) is 14.5. The van der Waals surface area contributed by atoms with Gasteiger partial charge in [0.2, 0.25) is 0 Å². The molecule has 0 saturated heterocycles. The Hall–Kier alpha value is -2.34. The van der Waals surface area contributed by atoms with Crippen molar-refractivity contribution in [2.75, 3.05) is 13.6 Å². The average Bonchev–Trinajstić information content (AvgIpc) is 2.57. The summed E-state index contributed by atoms with van der Waals surface area (Å²) in [5.41, 5.74) is 1.78. The third kappa shape index (κ3) is 6.23. The van der Waals surface area contributed by atoms with E-state index in [1.807, 2.05) is 24.3 Å². The summed E-state index contributed by atoms with van der Waals surface area (Å²) in [6.07, 6.45) is 0.638. The Labute approximate surface area is 150 Å². The van der Waals surface area contributed by atoms with Crippen molar-refractivity contribution in [3.63, 3.8) is 0 Å². The predicted octanol–water partition coefficient (Wildman–Crippen LogP) is 4.33. The number of hydrogen-bond acceptors (Lipinski definition) is 2. The summed E-state index contributed by atoms with van der Waals surface area (Å²) in [4.78, 5) is 13.6. The molecule has 1 N–H and O–H groups in total. The number of amides is 2. The molecule has 0 saturated carbocycles. The van der Waals surface area contributed by atoms with Gasteiger partial charge in [0.15, 0.2) is 0 Å². The number of carbonyl (C=O) groups is 1. The molecule has 7 heteroatoms. The second-order valence-electron chi connectivity index (χ2n) is 5.45. The van der Waals surface area contributed by atoms with Crippen LogP contribution >= 0.6 is 11.6 Å². The fraction of sp³-hybridized carbons (Fsp3) is 0.278. The molecule has 0 spiro atoms. The van der Waals surface area contributed by atoms with Crippen molar-refractivity contribution >= 4 is 17.6 Å². The first-order chi connectivity index (χ1) is 12.0. The molecular formula is C18H19ClF2N2O2. The molecule has 0 radical (unpaired) electrons. The van der Waals surface area contributed by atoms with Crippen molar-refractivity contribution in [3.05, 3.63) is 64.7 Å². The van der Waals surface area contributed by atoms with Gasteiger partial charge in [0.1, 0.15) is 5.75 Å². The van der Waals surface area contributed by atoms with E-state index in [1.54, 1.807) is 19.2 Å². The molecule has 0 unspecified atom stereocenters. The number of urea groups is 1. The molecule has 0 aliphatic rings. The van der Waals surface area contributed by atoms with Crippen LogP contribution in [0.2, 0.25) is 5.02 Å². The Balaban J connectivity index is 1.79. The monoisotopic (exact) mass is 368 g/mol. The highest BCUT2D eigenvalue weighted by Crippen LogP contribution is 2.16. The Morgan fingerprint density at radius 3 is 2.52 bits per heavy atom. The van der Waals surface area contributed by atoms with Crippen LogP contribution in [0.15, 0.2) is 48.5 Å². The van der Waals surface area contributed by atoms with Crippen LogP contribution in [0, 0.1) is 0 Å². The maximum atomic E-state index is 12.1.